The maximum absolute atomic E-state index is 6.18. The van der Waals surface area contributed by atoms with E-state index >= 15 is 0 Å². The van der Waals surface area contributed by atoms with Gasteiger partial charge >= 0.3 is 0 Å². The fourth-order valence-electron chi connectivity index (χ4n) is 3.08. The first-order valence-corrected chi connectivity index (χ1v) is 9.54. The van der Waals surface area contributed by atoms with E-state index in [1.165, 1.54) is 21.6 Å². The largest absolute Gasteiger partial charge is 0.391 e. The van der Waals surface area contributed by atoms with Gasteiger partial charge in [0.1, 0.15) is 6.61 Å². The number of benzene rings is 2. The third-order valence-electron chi connectivity index (χ3n) is 4.23. The Hall–Kier alpha value is -1.42. The third-order valence-corrected chi connectivity index (χ3v) is 5.92. The Morgan fingerprint density at radius 3 is 2.88 bits per heavy atom. The molecule has 2 nitrogen and oxygen atoms in total. The molecule has 0 amide bonds. The molecule has 0 bridgehead atoms. The predicted octanol–water partition coefficient (Wildman–Crippen LogP) is 5.97. The number of hydrogen-bond acceptors (Lipinski definition) is 3. The van der Waals surface area contributed by atoms with Gasteiger partial charge in [-0.05, 0) is 28.2 Å². The highest BCUT2D eigenvalue weighted by atomic mass is 35.5. The second-order valence-electron chi connectivity index (χ2n) is 5.78. The quantitative estimate of drug-likeness (QED) is 0.616. The Kier molecular flexibility index (Phi) is 4.57. The topological polar surface area (TPSA) is 21.6 Å². The summed E-state index contributed by atoms with van der Waals surface area (Å²) in [5.41, 5.74) is 5.87. The second-order valence-corrected chi connectivity index (χ2v) is 7.81. The Morgan fingerprint density at radius 2 is 2.00 bits per heavy atom. The van der Waals surface area contributed by atoms with Crippen molar-refractivity contribution >= 4 is 46.2 Å². The number of allylic oxidation sites excluding steroid dienone is 2. The molecule has 0 radical (unpaired) electrons. The zero-order valence-corrected chi connectivity index (χ0v) is 15.2. The first-order chi connectivity index (χ1) is 11.7. The molecule has 2 aromatic rings. The van der Waals surface area contributed by atoms with Gasteiger partial charge in [0.2, 0.25) is 0 Å². The number of fused-ring (bicyclic) bond motifs is 2. The summed E-state index contributed by atoms with van der Waals surface area (Å²) < 4.78 is 0. The molecule has 0 saturated heterocycles. The van der Waals surface area contributed by atoms with Crippen LogP contribution in [-0.4, -0.2) is 11.5 Å². The van der Waals surface area contributed by atoms with Crippen molar-refractivity contribution in [3.05, 3.63) is 74.1 Å². The van der Waals surface area contributed by atoms with Crippen molar-refractivity contribution in [2.24, 2.45) is 5.16 Å². The Labute approximate surface area is 155 Å². The summed E-state index contributed by atoms with van der Waals surface area (Å²) in [4.78, 5) is 7.03. The summed E-state index contributed by atoms with van der Waals surface area (Å²) in [6.07, 6.45) is 1.93. The van der Waals surface area contributed by atoms with Gasteiger partial charge in [-0.25, -0.2) is 0 Å². The molecule has 0 spiro atoms. The van der Waals surface area contributed by atoms with Crippen LogP contribution >= 0.6 is 35.0 Å². The molecular formula is C19H15Cl2NOS. The van der Waals surface area contributed by atoms with Crippen molar-refractivity contribution in [3.63, 3.8) is 0 Å². The molecule has 122 valence electrons. The maximum atomic E-state index is 6.18. The van der Waals surface area contributed by atoms with Crippen LogP contribution in [0.25, 0.3) is 5.57 Å². The lowest BCUT2D eigenvalue weighted by Gasteiger charge is -2.16. The molecule has 0 atom stereocenters. The van der Waals surface area contributed by atoms with Crippen molar-refractivity contribution in [1.82, 2.24) is 0 Å². The summed E-state index contributed by atoms with van der Waals surface area (Å²) in [6.45, 7) is 0.344. The van der Waals surface area contributed by atoms with E-state index in [4.69, 9.17) is 28.0 Å². The summed E-state index contributed by atoms with van der Waals surface area (Å²) in [6, 6.07) is 14.0. The third kappa shape index (κ3) is 3.08. The normalized spacial score (nSPS) is 17.8. The fraction of sp³-hybridized carbons (Fsp3) is 0.211. The average Bonchev–Trinajstić information content (AvgIpc) is 2.96. The van der Waals surface area contributed by atoms with Crippen LogP contribution in [0, 0.1) is 0 Å². The number of thioether (sulfide) groups is 1. The molecule has 0 saturated carbocycles. The Bertz CT molecular complexity index is 860. The van der Waals surface area contributed by atoms with Gasteiger partial charge in [0, 0.05) is 39.8 Å². The molecule has 1 aliphatic heterocycles. The van der Waals surface area contributed by atoms with E-state index in [1.807, 2.05) is 23.9 Å². The lowest BCUT2D eigenvalue weighted by molar-refractivity contribution is 0.130. The van der Waals surface area contributed by atoms with Crippen molar-refractivity contribution in [3.8, 4) is 0 Å². The monoisotopic (exact) mass is 375 g/mol. The molecule has 2 aliphatic rings. The highest BCUT2D eigenvalue weighted by Crippen LogP contribution is 2.43. The first-order valence-electron chi connectivity index (χ1n) is 7.80. The van der Waals surface area contributed by atoms with Crippen LogP contribution in [0.1, 0.15) is 23.1 Å². The Morgan fingerprint density at radius 1 is 1.12 bits per heavy atom. The molecule has 0 aromatic heterocycles. The smallest absolute Gasteiger partial charge is 0.143 e. The van der Waals surface area contributed by atoms with E-state index < -0.39 is 0 Å². The number of halogens is 2. The Balaban J connectivity index is 1.55. The minimum atomic E-state index is 0.344. The molecule has 24 heavy (non-hydrogen) atoms. The fourth-order valence-corrected chi connectivity index (χ4v) is 4.71. The number of nitrogens with zero attached hydrogens (tertiary/aromatic N) is 1. The number of rotatable bonds is 3. The minimum Gasteiger partial charge on any atom is -0.391 e. The molecule has 1 aliphatic carbocycles. The van der Waals surface area contributed by atoms with Crippen LogP contribution in [-0.2, 0) is 17.9 Å². The van der Waals surface area contributed by atoms with Gasteiger partial charge in [-0.15, -0.1) is 11.8 Å². The van der Waals surface area contributed by atoms with Gasteiger partial charge in [0.05, 0.1) is 5.71 Å². The molecule has 0 fully saturated rings. The second kappa shape index (κ2) is 6.83. The van der Waals surface area contributed by atoms with Crippen molar-refractivity contribution in [2.45, 2.75) is 19.4 Å². The molecule has 5 heteroatoms. The summed E-state index contributed by atoms with van der Waals surface area (Å²) in [5, 5.41) is 5.66. The van der Waals surface area contributed by atoms with Crippen molar-refractivity contribution in [1.29, 1.82) is 0 Å². The molecule has 1 heterocycles. The van der Waals surface area contributed by atoms with E-state index in [-0.39, 0.29) is 0 Å². The van der Waals surface area contributed by atoms with Crippen LogP contribution in [0.3, 0.4) is 0 Å². The van der Waals surface area contributed by atoms with E-state index in [1.54, 1.807) is 6.07 Å². The molecule has 0 unspecified atom stereocenters. The summed E-state index contributed by atoms with van der Waals surface area (Å²) in [7, 11) is 0. The maximum Gasteiger partial charge on any atom is 0.143 e. The number of hydrogen-bond donors (Lipinski definition) is 0. The van der Waals surface area contributed by atoms with E-state index in [0.717, 1.165) is 29.9 Å². The first kappa shape index (κ1) is 16.1. The van der Waals surface area contributed by atoms with Gasteiger partial charge in [0.15, 0.2) is 0 Å². The zero-order chi connectivity index (χ0) is 16.5. The van der Waals surface area contributed by atoms with Gasteiger partial charge in [0.25, 0.3) is 0 Å². The van der Waals surface area contributed by atoms with Crippen LogP contribution in [0.15, 0.2) is 52.5 Å². The van der Waals surface area contributed by atoms with Crippen LogP contribution in [0.4, 0.5) is 0 Å². The zero-order valence-electron chi connectivity index (χ0n) is 12.9. The molecule has 2 aromatic carbocycles. The SMILES string of the molecule is Clc1ccc(CON=C2CCSC3=C2c2ccccc2C3)c(Cl)c1. The lowest BCUT2D eigenvalue weighted by Crippen LogP contribution is -2.09. The highest BCUT2D eigenvalue weighted by molar-refractivity contribution is 8.03. The summed E-state index contributed by atoms with van der Waals surface area (Å²) in [5.74, 6) is 1.05. The van der Waals surface area contributed by atoms with Gasteiger partial charge in [-0.2, -0.15) is 0 Å². The van der Waals surface area contributed by atoms with Crippen molar-refractivity contribution < 1.29 is 4.84 Å². The van der Waals surface area contributed by atoms with Gasteiger partial charge in [-0.1, -0.05) is 58.7 Å². The van der Waals surface area contributed by atoms with Crippen LogP contribution < -0.4 is 0 Å². The number of oxime groups is 1. The highest BCUT2D eigenvalue weighted by Gasteiger charge is 2.28. The van der Waals surface area contributed by atoms with Gasteiger partial charge < -0.3 is 4.84 Å². The van der Waals surface area contributed by atoms with E-state index in [2.05, 4.69) is 29.4 Å². The average molecular weight is 376 g/mol. The van der Waals surface area contributed by atoms with Gasteiger partial charge in [-0.3, -0.25) is 0 Å². The van der Waals surface area contributed by atoms with Crippen LogP contribution in [0.2, 0.25) is 10.0 Å². The predicted molar refractivity (Wildman–Crippen MR) is 103 cm³/mol. The molecule has 0 N–H and O–H groups in total. The van der Waals surface area contributed by atoms with E-state index in [9.17, 15) is 0 Å². The molecular weight excluding hydrogens is 361 g/mol. The minimum absolute atomic E-state index is 0.344. The van der Waals surface area contributed by atoms with E-state index in [0.29, 0.717) is 16.7 Å². The standard InChI is InChI=1S/C19H15Cl2NOS/c20-14-6-5-13(16(21)10-14)11-23-22-17-7-8-24-18-9-12-3-1-2-4-15(12)19(17)18/h1-6,10H,7-9,11H2. The summed E-state index contributed by atoms with van der Waals surface area (Å²) >= 11 is 14.0. The molecule has 4 rings (SSSR count). The van der Waals surface area contributed by atoms with Crippen molar-refractivity contribution in [2.75, 3.05) is 5.75 Å². The van der Waals surface area contributed by atoms with Crippen LogP contribution in [0.5, 0.6) is 0 Å². The lowest BCUT2D eigenvalue weighted by atomic mass is 10.0.